The molecule has 1 aromatic heterocycles. The SMILES string of the molecule is CCSc1ccc2c3c([nH]c2c1)C(C)(C)C1=C(C=CC(CC)(N2CCC(N4CCOCC4)CC2)C1)C3=O. The molecule has 0 saturated carbocycles. The Morgan fingerprint density at radius 1 is 1.11 bits per heavy atom. The molecule has 2 saturated heterocycles. The van der Waals surface area contributed by atoms with Crippen LogP contribution < -0.4 is 0 Å². The monoisotopic (exact) mass is 519 g/mol. The molecule has 3 heterocycles. The highest BCUT2D eigenvalue weighted by Gasteiger charge is 2.47. The molecule has 2 aromatic rings. The quantitative estimate of drug-likeness (QED) is 0.494. The Bertz CT molecular complexity index is 1260. The van der Waals surface area contributed by atoms with Crippen LogP contribution in [0.2, 0.25) is 0 Å². The first-order valence-electron chi connectivity index (χ1n) is 14.2. The molecule has 0 radical (unpaired) electrons. The van der Waals surface area contributed by atoms with Gasteiger partial charge in [-0.1, -0.05) is 45.9 Å². The van der Waals surface area contributed by atoms with Gasteiger partial charge in [0.2, 0.25) is 0 Å². The first-order chi connectivity index (χ1) is 17.9. The number of rotatable bonds is 5. The van der Waals surface area contributed by atoms with Gasteiger partial charge in [0.25, 0.3) is 0 Å². The van der Waals surface area contributed by atoms with Crippen LogP contribution in [0.4, 0.5) is 0 Å². The van der Waals surface area contributed by atoms with Crippen LogP contribution in [0.25, 0.3) is 10.9 Å². The number of H-pyrrole nitrogens is 1. The average Bonchev–Trinajstić information content (AvgIpc) is 3.33. The Kier molecular flexibility index (Phi) is 6.67. The summed E-state index contributed by atoms with van der Waals surface area (Å²) in [6.07, 6.45) is 8.99. The van der Waals surface area contributed by atoms with E-state index >= 15 is 0 Å². The van der Waals surface area contributed by atoms with Gasteiger partial charge in [0.05, 0.1) is 18.8 Å². The second-order valence-electron chi connectivity index (χ2n) is 11.7. The van der Waals surface area contributed by atoms with Gasteiger partial charge in [-0.2, -0.15) is 0 Å². The molecule has 1 aromatic carbocycles. The number of morpholine rings is 1. The average molecular weight is 520 g/mol. The van der Waals surface area contributed by atoms with Crippen molar-refractivity contribution in [2.45, 2.75) is 75.3 Å². The van der Waals surface area contributed by atoms with E-state index in [1.54, 1.807) is 0 Å². The molecule has 1 atom stereocenters. The number of benzene rings is 1. The zero-order valence-corrected chi connectivity index (χ0v) is 23.7. The number of nitrogens with zero attached hydrogens (tertiary/aromatic N) is 2. The molecule has 5 nitrogen and oxygen atoms in total. The number of hydrogen-bond donors (Lipinski definition) is 1. The highest BCUT2D eigenvalue weighted by Crippen LogP contribution is 2.50. The number of hydrogen-bond acceptors (Lipinski definition) is 5. The lowest BCUT2D eigenvalue weighted by Gasteiger charge is -2.51. The van der Waals surface area contributed by atoms with Crippen molar-refractivity contribution in [3.63, 3.8) is 0 Å². The van der Waals surface area contributed by atoms with E-state index in [4.69, 9.17) is 4.74 Å². The van der Waals surface area contributed by atoms with Crippen LogP contribution in [0.3, 0.4) is 0 Å². The molecule has 0 bridgehead atoms. The third-order valence-corrected chi connectivity index (χ3v) is 10.4. The summed E-state index contributed by atoms with van der Waals surface area (Å²) in [4.78, 5) is 24.3. The third kappa shape index (κ3) is 4.15. The fraction of sp³-hybridized carbons (Fsp3) is 0.581. The second kappa shape index (κ2) is 9.71. The molecule has 2 aliphatic heterocycles. The predicted octanol–water partition coefficient (Wildman–Crippen LogP) is 5.96. The van der Waals surface area contributed by atoms with Crippen LogP contribution in [0, 0.1) is 0 Å². The Balaban J connectivity index is 1.28. The standard InChI is InChI=1S/C31H41N3O2S/c1-5-31(34-13-10-21(11-14-34)33-15-17-36-18-16-33)12-9-23-25(20-31)30(3,4)29-27(28(23)35)24-8-7-22(37-6-2)19-26(24)32-29/h7-9,12,19,21,32H,5-6,10-11,13-18,20H2,1-4H3. The van der Waals surface area contributed by atoms with Crippen molar-refractivity contribution >= 4 is 28.4 Å². The second-order valence-corrected chi connectivity index (χ2v) is 13.0. The summed E-state index contributed by atoms with van der Waals surface area (Å²) in [5, 5.41) is 1.06. The van der Waals surface area contributed by atoms with Crippen LogP contribution >= 0.6 is 11.8 Å². The largest absolute Gasteiger partial charge is 0.379 e. The number of piperidine rings is 1. The molecule has 198 valence electrons. The molecule has 1 N–H and O–H groups in total. The fourth-order valence-electron chi connectivity index (χ4n) is 7.30. The summed E-state index contributed by atoms with van der Waals surface area (Å²) < 4.78 is 5.58. The molecule has 2 fully saturated rings. The smallest absolute Gasteiger partial charge is 0.195 e. The minimum absolute atomic E-state index is 0.0131. The zero-order valence-electron chi connectivity index (χ0n) is 22.9. The van der Waals surface area contributed by atoms with Crippen LogP contribution in [0.1, 0.15) is 69.4 Å². The molecule has 37 heavy (non-hydrogen) atoms. The van der Waals surface area contributed by atoms with E-state index in [0.717, 1.165) is 85.7 Å². The van der Waals surface area contributed by atoms with Crippen LogP contribution in [-0.2, 0) is 10.2 Å². The molecule has 0 spiro atoms. The van der Waals surface area contributed by atoms with Crippen molar-refractivity contribution in [3.05, 3.63) is 52.8 Å². The van der Waals surface area contributed by atoms with Gasteiger partial charge in [-0.3, -0.25) is 14.6 Å². The summed E-state index contributed by atoms with van der Waals surface area (Å²) in [6.45, 7) is 15.2. The van der Waals surface area contributed by atoms with Gasteiger partial charge >= 0.3 is 0 Å². The first kappa shape index (κ1) is 25.4. The van der Waals surface area contributed by atoms with Crippen LogP contribution in [0.15, 0.2) is 46.4 Å². The number of nitrogens with one attached hydrogen (secondary N) is 1. The van der Waals surface area contributed by atoms with E-state index < -0.39 is 0 Å². The number of ether oxygens (including phenoxy) is 1. The van der Waals surface area contributed by atoms with Gasteiger partial charge in [0.15, 0.2) is 5.78 Å². The number of ketones is 1. The maximum absolute atomic E-state index is 14.0. The third-order valence-electron chi connectivity index (χ3n) is 9.57. The number of aromatic nitrogens is 1. The van der Waals surface area contributed by atoms with E-state index in [0.29, 0.717) is 6.04 Å². The van der Waals surface area contributed by atoms with E-state index in [-0.39, 0.29) is 16.7 Å². The minimum Gasteiger partial charge on any atom is -0.379 e. The van der Waals surface area contributed by atoms with E-state index in [2.05, 4.69) is 72.8 Å². The summed E-state index contributed by atoms with van der Waals surface area (Å²) in [5.74, 6) is 1.23. The zero-order chi connectivity index (χ0) is 25.8. The van der Waals surface area contributed by atoms with Crippen molar-refractivity contribution in [2.24, 2.45) is 0 Å². The Hall–Kier alpha value is -1.86. The lowest BCUT2D eigenvalue weighted by atomic mass is 9.64. The summed E-state index contributed by atoms with van der Waals surface area (Å²) in [5.41, 5.74) is 5.06. The summed E-state index contributed by atoms with van der Waals surface area (Å²) in [7, 11) is 0. The number of thioether (sulfide) groups is 1. The maximum Gasteiger partial charge on any atom is 0.195 e. The van der Waals surface area contributed by atoms with E-state index in [1.807, 2.05) is 11.8 Å². The predicted molar refractivity (Wildman–Crippen MR) is 153 cm³/mol. The maximum atomic E-state index is 14.0. The van der Waals surface area contributed by atoms with E-state index in [9.17, 15) is 4.79 Å². The Morgan fingerprint density at radius 2 is 1.86 bits per heavy atom. The lowest BCUT2D eigenvalue weighted by Crippen LogP contribution is -2.56. The number of carbonyl (C=O) groups is 1. The molecular formula is C31H41N3O2S. The van der Waals surface area contributed by atoms with Gasteiger partial charge in [0.1, 0.15) is 0 Å². The normalized spacial score (nSPS) is 27.1. The highest BCUT2D eigenvalue weighted by atomic mass is 32.2. The molecule has 6 heteroatoms. The number of fused-ring (bicyclic) bond motifs is 3. The number of allylic oxidation sites excluding steroid dienone is 2. The van der Waals surface area contributed by atoms with Gasteiger partial charge in [0, 0.05) is 70.2 Å². The molecular weight excluding hydrogens is 478 g/mol. The van der Waals surface area contributed by atoms with Crippen molar-refractivity contribution in [1.82, 2.24) is 14.8 Å². The first-order valence-corrected chi connectivity index (χ1v) is 15.2. The Morgan fingerprint density at radius 3 is 2.57 bits per heavy atom. The summed E-state index contributed by atoms with van der Waals surface area (Å²) >= 11 is 1.84. The van der Waals surface area contributed by atoms with Gasteiger partial charge in [-0.25, -0.2) is 0 Å². The van der Waals surface area contributed by atoms with Crippen molar-refractivity contribution in [1.29, 1.82) is 0 Å². The van der Waals surface area contributed by atoms with Gasteiger partial charge in [-0.15, -0.1) is 11.8 Å². The Labute approximate surface area is 225 Å². The topological polar surface area (TPSA) is 48.6 Å². The number of Topliss-reactive ketones (excluding diaryl/α,β-unsaturated/α-hetero) is 1. The van der Waals surface area contributed by atoms with Crippen molar-refractivity contribution in [2.75, 3.05) is 45.1 Å². The molecule has 0 amide bonds. The number of aromatic amines is 1. The number of likely N-dealkylation sites (tertiary alicyclic amines) is 1. The van der Waals surface area contributed by atoms with E-state index in [1.165, 1.54) is 23.3 Å². The van der Waals surface area contributed by atoms with Crippen molar-refractivity contribution < 1.29 is 9.53 Å². The summed E-state index contributed by atoms with van der Waals surface area (Å²) in [6, 6.07) is 7.20. The van der Waals surface area contributed by atoms with Crippen LogP contribution in [0.5, 0.6) is 0 Å². The van der Waals surface area contributed by atoms with Crippen LogP contribution in [-0.4, -0.2) is 77.3 Å². The molecule has 6 rings (SSSR count). The van der Waals surface area contributed by atoms with Gasteiger partial charge < -0.3 is 9.72 Å². The fourth-order valence-corrected chi connectivity index (χ4v) is 7.99. The van der Waals surface area contributed by atoms with Gasteiger partial charge in [-0.05, 0) is 49.1 Å². The molecule has 2 aliphatic carbocycles. The number of carbonyl (C=O) groups excluding carboxylic acids is 1. The molecule has 4 aliphatic rings. The lowest BCUT2D eigenvalue weighted by molar-refractivity contribution is -0.0105. The van der Waals surface area contributed by atoms with Crippen molar-refractivity contribution in [3.8, 4) is 0 Å². The minimum atomic E-state index is -0.215. The highest BCUT2D eigenvalue weighted by molar-refractivity contribution is 7.99. The molecule has 1 unspecified atom stereocenters.